The molecule has 4 rings (SSSR count). The molecule has 0 saturated heterocycles. The summed E-state index contributed by atoms with van der Waals surface area (Å²) in [5.41, 5.74) is -3.89. The SMILES string of the molecule is Cc1nc2ccc(-c3ccn(CC(=O)N(C)C)c(=O)c3)cc2c(OS(=O)(=O)C(F)(F)F)c1Cc1ccccc1. The second-order valence-electron chi connectivity index (χ2n) is 9.05. The standard InChI is InChI=1S/C27H24F3N3O5S/c1-17-21(13-18-7-5-4-6-8-18)26(38-39(36,37)27(28,29)30)22-14-19(9-10-23(22)31-17)20-11-12-33(24(34)15-20)16-25(35)32(2)3/h4-12,14-15H,13,16H2,1-3H3. The van der Waals surface area contributed by atoms with Gasteiger partial charge in [0.25, 0.3) is 5.56 Å². The van der Waals surface area contributed by atoms with E-state index in [1.54, 1.807) is 63.5 Å². The number of hydrogen-bond acceptors (Lipinski definition) is 6. The molecule has 0 saturated carbocycles. The maximum atomic E-state index is 13.4. The molecule has 0 aliphatic heterocycles. The van der Waals surface area contributed by atoms with Gasteiger partial charge in [-0.2, -0.15) is 21.6 Å². The Labute approximate surface area is 222 Å². The quantitative estimate of drug-likeness (QED) is 0.248. The molecule has 0 aliphatic carbocycles. The topological polar surface area (TPSA) is 98.6 Å². The number of hydrogen-bond donors (Lipinski definition) is 0. The van der Waals surface area contributed by atoms with Crippen molar-refractivity contribution in [3.63, 3.8) is 0 Å². The van der Waals surface area contributed by atoms with Crippen molar-refractivity contribution in [2.45, 2.75) is 25.4 Å². The Morgan fingerprint density at radius 3 is 2.31 bits per heavy atom. The van der Waals surface area contributed by atoms with Crippen LogP contribution in [0.3, 0.4) is 0 Å². The fraction of sp³-hybridized carbons (Fsp3) is 0.222. The second-order valence-corrected chi connectivity index (χ2v) is 10.6. The van der Waals surface area contributed by atoms with Gasteiger partial charge >= 0.3 is 15.6 Å². The van der Waals surface area contributed by atoms with Gasteiger partial charge < -0.3 is 13.7 Å². The predicted octanol–water partition coefficient (Wildman–Crippen LogP) is 4.28. The number of likely N-dealkylation sites (N-methyl/N-ethyl adjacent to an activating group) is 1. The van der Waals surface area contributed by atoms with E-state index in [-0.39, 0.29) is 35.3 Å². The van der Waals surface area contributed by atoms with Crippen molar-refractivity contribution >= 4 is 26.9 Å². The van der Waals surface area contributed by atoms with Crippen LogP contribution in [-0.4, -0.2) is 48.4 Å². The summed E-state index contributed by atoms with van der Waals surface area (Å²) in [5, 5.41) is 0.0313. The van der Waals surface area contributed by atoms with Crippen LogP contribution in [0.25, 0.3) is 22.0 Å². The third kappa shape index (κ3) is 5.95. The summed E-state index contributed by atoms with van der Waals surface area (Å²) in [6.07, 6.45) is 1.50. The molecule has 0 N–H and O–H groups in total. The first-order valence-corrected chi connectivity index (χ1v) is 13.1. The third-order valence-electron chi connectivity index (χ3n) is 6.07. The molecule has 8 nitrogen and oxygen atoms in total. The summed E-state index contributed by atoms with van der Waals surface area (Å²) in [5.74, 6) is -0.763. The molecule has 0 aliphatic rings. The number of halogens is 3. The second kappa shape index (κ2) is 10.5. The fourth-order valence-electron chi connectivity index (χ4n) is 3.94. The van der Waals surface area contributed by atoms with E-state index in [4.69, 9.17) is 4.18 Å². The molecule has 1 amide bonds. The molecule has 0 bridgehead atoms. The Morgan fingerprint density at radius 2 is 1.69 bits per heavy atom. The van der Waals surface area contributed by atoms with Gasteiger partial charge in [0, 0.05) is 49.4 Å². The number of carbonyl (C=O) groups is 1. The Hall–Kier alpha value is -4.19. The van der Waals surface area contributed by atoms with Crippen LogP contribution in [0.2, 0.25) is 0 Å². The third-order valence-corrected chi connectivity index (χ3v) is 7.03. The number of pyridine rings is 2. The highest BCUT2D eigenvalue weighted by atomic mass is 32.2. The number of fused-ring (bicyclic) bond motifs is 1. The van der Waals surface area contributed by atoms with E-state index in [0.29, 0.717) is 22.4 Å². The molecule has 204 valence electrons. The Morgan fingerprint density at radius 1 is 1.03 bits per heavy atom. The predicted molar refractivity (Wildman–Crippen MR) is 140 cm³/mol. The first-order valence-electron chi connectivity index (χ1n) is 11.7. The van der Waals surface area contributed by atoms with E-state index < -0.39 is 26.9 Å². The zero-order valence-electron chi connectivity index (χ0n) is 21.2. The number of aryl methyl sites for hydroxylation is 1. The average molecular weight is 560 g/mol. The Bertz CT molecular complexity index is 1720. The van der Waals surface area contributed by atoms with E-state index >= 15 is 0 Å². The first-order chi connectivity index (χ1) is 18.3. The summed E-state index contributed by atoms with van der Waals surface area (Å²) in [6.45, 7) is 1.40. The van der Waals surface area contributed by atoms with Gasteiger partial charge in [-0.05, 0) is 41.8 Å². The lowest BCUT2D eigenvalue weighted by atomic mass is 9.98. The van der Waals surface area contributed by atoms with Gasteiger partial charge in [0.2, 0.25) is 5.91 Å². The molecule has 2 heterocycles. The van der Waals surface area contributed by atoms with E-state index in [2.05, 4.69) is 4.98 Å². The summed E-state index contributed by atoms with van der Waals surface area (Å²) >= 11 is 0. The molecule has 0 unspecified atom stereocenters. The van der Waals surface area contributed by atoms with Crippen molar-refractivity contribution in [3.05, 3.63) is 94.0 Å². The molecule has 0 spiro atoms. The molecule has 0 fully saturated rings. The minimum atomic E-state index is -6.00. The number of benzene rings is 2. The molecule has 2 aromatic carbocycles. The van der Waals surface area contributed by atoms with Crippen LogP contribution in [-0.2, 0) is 27.9 Å². The number of alkyl halides is 3. The van der Waals surface area contributed by atoms with Gasteiger partial charge in [0.15, 0.2) is 5.75 Å². The zero-order chi connectivity index (χ0) is 28.5. The van der Waals surface area contributed by atoms with Crippen molar-refractivity contribution in [1.29, 1.82) is 0 Å². The molecular formula is C27H24F3N3O5S. The minimum absolute atomic E-state index is 0.0313. The van der Waals surface area contributed by atoms with E-state index in [0.717, 1.165) is 0 Å². The fourth-order valence-corrected chi connectivity index (χ4v) is 4.44. The molecule has 2 aromatic heterocycles. The molecule has 0 atom stereocenters. The zero-order valence-corrected chi connectivity index (χ0v) is 22.0. The molecule has 39 heavy (non-hydrogen) atoms. The van der Waals surface area contributed by atoms with E-state index in [1.807, 2.05) is 0 Å². The van der Waals surface area contributed by atoms with Gasteiger partial charge in [0.05, 0.1) is 5.52 Å². The summed E-state index contributed by atoms with van der Waals surface area (Å²) in [4.78, 5) is 30.5. The molecule has 0 radical (unpaired) electrons. The van der Waals surface area contributed by atoms with Crippen molar-refractivity contribution in [2.75, 3.05) is 14.1 Å². The molecular weight excluding hydrogens is 535 g/mol. The summed E-state index contributed by atoms with van der Waals surface area (Å²) in [7, 11) is -2.87. The largest absolute Gasteiger partial charge is 0.534 e. The van der Waals surface area contributed by atoms with Crippen molar-refractivity contribution in [3.8, 4) is 16.9 Å². The van der Waals surface area contributed by atoms with Crippen LogP contribution in [0.5, 0.6) is 5.75 Å². The van der Waals surface area contributed by atoms with Crippen LogP contribution in [0.4, 0.5) is 13.2 Å². The minimum Gasteiger partial charge on any atom is -0.375 e. The number of aromatic nitrogens is 2. The highest BCUT2D eigenvalue weighted by molar-refractivity contribution is 7.88. The average Bonchev–Trinajstić information content (AvgIpc) is 2.87. The van der Waals surface area contributed by atoms with Gasteiger partial charge in [-0.25, -0.2) is 0 Å². The Kier molecular flexibility index (Phi) is 7.51. The molecule has 12 heteroatoms. The first kappa shape index (κ1) is 27.8. The maximum absolute atomic E-state index is 13.4. The smallest absolute Gasteiger partial charge is 0.375 e. The van der Waals surface area contributed by atoms with Gasteiger partial charge in [-0.1, -0.05) is 36.4 Å². The Balaban J connectivity index is 1.88. The van der Waals surface area contributed by atoms with E-state index in [1.165, 1.54) is 33.9 Å². The van der Waals surface area contributed by atoms with Crippen molar-refractivity contribution < 1.29 is 30.6 Å². The van der Waals surface area contributed by atoms with Crippen molar-refractivity contribution in [2.24, 2.45) is 0 Å². The maximum Gasteiger partial charge on any atom is 0.534 e. The van der Waals surface area contributed by atoms with Crippen molar-refractivity contribution in [1.82, 2.24) is 14.5 Å². The summed E-state index contributed by atoms with van der Waals surface area (Å²) in [6, 6.07) is 16.2. The lowest BCUT2D eigenvalue weighted by Gasteiger charge is -2.18. The van der Waals surface area contributed by atoms with Crippen LogP contribution in [0, 0.1) is 6.92 Å². The lowest BCUT2D eigenvalue weighted by molar-refractivity contribution is -0.129. The number of carbonyl (C=O) groups excluding carboxylic acids is 1. The monoisotopic (exact) mass is 559 g/mol. The van der Waals surface area contributed by atoms with Crippen LogP contribution < -0.4 is 9.74 Å². The van der Waals surface area contributed by atoms with Gasteiger partial charge in [-0.15, -0.1) is 0 Å². The van der Waals surface area contributed by atoms with Crippen LogP contribution in [0.1, 0.15) is 16.8 Å². The van der Waals surface area contributed by atoms with Crippen LogP contribution >= 0.6 is 0 Å². The molecule has 4 aromatic rings. The number of rotatable bonds is 7. The normalized spacial score (nSPS) is 11.9. The lowest BCUT2D eigenvalue weighted by Crippen LogP contribution is -2.31. The number of amides is 1. The summed E-state index contributed by atoms with van der Waals surface area (Å²) < 4.78 is 70.3. The van der Waals surface area contributed by atoms with E-state index in [9.17, 15) is 31.2 Å². The highest BCUT2D eigenvalue weighted by Crippen LogP contribution is 2.38. The van der Waals surface area contributed by atoms with Crippen LogP contribution in [0.15, 0.2) is 71.7 Å². The highest BCUT2D eigenvalue weighted by Gasteiger charge is 2.49. The van der Waals surface area contributed by atoms with Gasteiger partial charge in [-0.3, -0.25) is 14.6 Å². The van der Waals surface area contributed by atoms with Gasteiger partial charge in [0.1, 0.15) is 6.54 Å². The number of nitrogens with zero attached hydrogens (tertiary/aromatic N) is 3.